The average molecular weight is 275 g/mol. The summed E-state index contributed by atoms with van der Waals surface area (Å²) >= 11 is 1.20. The summed E-state index contributed by atoms with van der Waals surface area (Å²) in [5.74, 6) is -0.929. The van der Waals surface area contributed by atoms with Crippen LogP contribution in [0.2, 0.25) is 0 Å². The van der Waals surface area contributed by atoms with Crippen LogP contribution in [0.4, 0.5) is 0 Å². The highest BCUT2D eigenvalue weighted by molar-refractivity contribution is 7.14. The number of carboxylic acid groups (broad SMARTS) is 1. The summed E-state index contributed by atoms with van der Waals surface area (Å²) in [6.07, 6.45) is 1.18. The van der Waals surface area contributed by atoms with Crippen LogP contribution >= 0.6 is 11.3 Å². The number of hydrogen-bond donors (Lipinski definition) is 1. The van der Waals surface area contributed by atoms with E-state index < -0.39 is 5.97 Å². The zero-order valence-corrected chi connectivity index (χ0v) is 11.1. The van der Waals surface area contributed by atoms with E-state index in [4.69, 9.17) is 9.94 Å². The second kappa shape index (κ2) is 6.15. The van der Waals surface area contributed by atoms with E-state index in [9.17, 15) is 4.79 Å². The summed E-state index contributed by atoms with van der Waals surface area (Å²) in [5.41, 5.74) is 0.937. The molecule has 19 heavy (non-hydrogen) atoms. The van der Waals surface area contributed by atoms with Crippen molar-refractivity contribution in [2.45, 2.75) is 13.0 Å². The standard InChI is InChI=1S/C14H13NO3S/c1-2-15-18-13(10-6-4-3-5-7-10)11-8-9-12(19-11)14(16)17/h2-9,13H,1H3,(H,16,17)/b15-2+. The van der Waals surface area contributed by atoms with Crippen LogP contribution in [0.3, 0.4) is 0 Å². The van der Waals surface area contributed by atoms with Gasteiger partial charge in [0.05, 0.1) is 4.88 Å². The monoisotopic (exact) mass is 275 g/mol. The Bertz CT molecular complexity index is 577. The number of thiophene rings is 1. The number of rotatable bonds is 5. The Morgan fingerprint density at radius 2 is 2.05 bits per heavy atom. The third kappa shape index (κ3) is 3.20. The van der Waals surface area contributed by atoms with Crippen LogP contribution in [0.1, 0.15) is 33.1 Å². The van der Waals surface area contributed by atoms with Crippen molar-refractivity contribution in [3.63, 3.8) is 0 Å². The van der Waals surface area contributed by atoms with Gasteiger partial charge in [0, 0.05) is 11.8 Å². The van der Waals surface area contributed by atoms with Crippen molar-refractivity contribution in [1.29, 1.82) is 0 Å². The van der Waals surface area contributed by atoms with Gasteiger partial charge in [-0.2, -0.15) is 0 Å². The number of carbonyl (C=O) groups is 1. The molecule has 0 bridgehead atoms. The van der Waals surface area contributed by atoms with Gasteiger partial charge in [0.25, 0.3) is 0 Å². The molecule has 0 fully saturated rings. The van der Waals surface area contributed by atoms with Crippen LogP contribution in [0.5, 0.6) is 0 Å². The Labute approximate surface area is 115 Å². The zero-order chi connectivity index (χ0) is 13.7. The molecule has 0 aliphatic rings. The van der Waals surface area contributed by atoms with E-state index in [0.717, 1.165) is 10.4 Å². The molecular weight excluding hydrogens is 262 g/mol. The molecule has 0 spiro atoms. The molecule has 0 aliphatic carbocycles. The van der Waals surface area contributed by atoms with E-state index in [2.05, 4.69) is 5.16 Å². The summed E-state index contributed by atoms with van der Waals surface area (Å²) in [5, 5.41) is 12.8. The van der Waals surface area contributed by atoms with E-state index in [1.807, 2.05) is 30.3 Å². The highest BCUT2D eigenvalue weighted by Gasteiger charge is 2.19. The largest absolute Gasteiger partial charge is 0.477 e. The molecule has 0 saturated heterocycles. The molecule has 1 unspecified atom stereocenters. The number of carboxylic acids is 1. The van der Waals surface area contributed by atoms with Crippen LogP contribution in [0.25, 0.3) is 0 Å². The molecule has 0 saturated carbocycles. The summed E-state index contributed by atoms with van der Waals surface area (Å²) in [7, 11) is 0. The van der Waals surface area contributed by atoms with Crippen molar-refractivity contribution < 1.29 is 14.7 Å². The Morgan fingerprint density at radius 3 is 2.63 bits per heavy atom. The molecule has 0 amide bonds. The van der Waals surface area contributed by atoms with Crippen LogP contribution < -0.4 is 0 Å². The number of aromatic carboxylic acids is 1. The van der Waals surface area contributed by atoms with Crippen LogP contribution in [0, 0.1) is 0 Å². The minimum absolute atomic E-state index is 0.292. The van der Waals surface area contributed by atoms with Gasteiger partial charge in [-0.15, -0.1) is 11.3 Å². The smallest absolute Gasteiger partial charge is 0.345 e. The number of oxime groups is 1. The first kappa shape index (κ1) is 13.3. The minimum atomic E-state index is -0.929. The molecule has 2 aromatic rings. The first-order valence-corrected chi connectivity index (χ1v) is 6.56. The topological polar surface area (TPSA) is 58.9 Å². The van der Waals surface area contributed by atoms with Crippen LogP contribution in [0.15, 0.2) is 47.6 Å². The van der Waals surface area contributed by atoms with Gasteiger partial charge in [-0.3, -0.25) is 0 Å². The Kier molecular flexibility index (Phi) is 4.30. The van der Waals surface area contributed by atoms with Crippen LogP contribution in [-0.4, -0.2) is 17.3 Å². The van der Waals surface area contributed by atoms with Gasteiger partial charge in [-0.25, -0.2) is 4.79 Å². The molecule has 0 radical (unpaired) electrons. The van der Waals surface area contributed by atoms with Crippen molar-refractivity contribution in [2.24, 2.45) is 5.16 Å². The average Bonchev–Trinajstić information content (AvgIpc) is 2.90. The highest BCUT2D eigenvalue weighted by atomic mass is 32.1. The predicted octanol–water partition coefficient (Wildman–Crippen LogP) is 3.56. The normalized spacial score (nSPS) is 12.5. The molecule has 5 heteroatoms. The highest BCUT2D eigenvalue weighted by Crippen LogP contribution is 2.31. The Morgan fingerprint density at radius 1 is 1.32 bits per heavy atom. The summed E-state index contributed by atoms with van der Waals surface area (Å²) < 4.78 is 0. The van der Waals surface area contributed by atoms with Crippen molar-refractivity contribution >= 4 is 23.5 Å². The fraction of sp³-hybridized carbons (Fsp3) is 0.143. The fourth-order valence-corrected chi connectivity index (χ4v) is 2.53. The predicted molar refractivity (Wildman–Crippen MR) is 74.8 cm³/mol. The van der Waals surface area contributed by atoms with E-state index in [0.29, 0.717) is 4.88 Å². The van der Waals surface area contributed by atoms with Gasteiger partial charge in [0.1, 0.15) is 4.88 Å². The first-order valence-electron chi connectivity index (χ1n) is 5.74. The van der Waals surface area contributed by atoms with E-state index in [1.54, 1.807) is 25.3 Å². The number of nitrogens with zero attached hydrogens (tertiary/aromatic N) is 1. The molecule has 1 heterocycles. The summed E-state index contributed by atoms with van der Waals surface area (Å²) in [4.78, 5) is 17.5. The quantitative estimate of drug-likeness (QED) is 0.670. The lowest BCUT2D eigenvalue weighted by Gasteiger charge is -2.13. The number of hydrogen-bond acceptors (Lipinski definition) is 4. The minimum Gasteiger partial charge on any atom is -0.477 e. The molecule has 1 aromatic heterocycles. The zero-order valence-electron chi connectivity index (χ0n) is 10.3. The Balaban J connectivity index is 2.34. The molecule has 4 nitrogen and oxygen atoms in total. The third-order valence-corrected chi connectivity index (χ3v) is 3.59. The molecule has 0 aliphatic heterocycles. The van der Waals surface area contributed by atoms with Gasteiger partial charge in [0.15, 0.2) is 6.10 Å². The van der Waals surface area contributed by atoms with Gasteiger partial charge in [-0.1, -0.05) is 35.5 Å². The molecule has 1 aromatic carbocycles. The SMILES string of the molecule is C/C=N/OC(c1ccccc1)c1ccc(C(=O)O)s1. The number of benzene rings is 1. The van der Waals surface area contributed by atoms with Crippen molar-refractivity contribution in [3.05, 3.63) is 57.8 Å². The molecule has 98 valence electrons. The maximum absolute atomic E-state index is 10.9. The molecular formula is C14H13NO3S. The molecule has 1 N–H and O–H groups in total. The lowest BCUT2D eigenvalue weighted by molar-refractivity contribution is 0.0702. The second-order valence-electron chi connectivity index (χ2n) is 3.77. The maximum atomic E-state index is 10.9. The second-order valence-corrected chi connectivity index (χ2v) is 4.88. The van der Waals surface area contributed by atoms with E-state index in [-0.39, 0.29) is 6.10 Å². The van der Waals surface area contributed by atoms with Crippen LogP contribution in [-0.2, 0) is 4.84 Å². The Hall–Kier alpha value is -2.14. The van der Waals surface area contributed by atoms with Crippen molar-refractivity contribution in [1.82, 2.24) is 0 Å². The van der Waals surface area contributed by atoms with Crippen molar-refractivity contribution in [2.75, 3.05) is 0 Å². The summed E-state index contributed by atoms with van der Waals surface area (Å²) in [6.45, 7) is 1.76. The van der Waals surface area contributed by atoms with Crippen molar-refractivity contribution in [3.8, 4) is 0 Å². The maximum Gasteiger partial charge on any atom is 0.345 e. The molecule has 1 atom stereocenters. The third-order valence-electron chi connectivity index (χ3n) is 2.47. The summed E-state index contributed by atoms with van der Waals surface area (Å²) in [6, 6.07) is 12.9. The van der Waals surface area contributed by atoms with Gasteiger partial charge >= 0.3 is 5.97 Å². The van der Waals surface area contributed by atoms with Gasteiger partial charge in [0.2, 0.25) is 0 Å². The fourth-order valence-electron chi connectivity index (χ4n) is 1.64. The van der Waals surface area contributed by atoms with Gasteiger partial charge in [-0.05, 0) is 19.1 Å². The first-order chi connectivity index (χ1) is 9.22. The molecule has 2 rings (SSSR count). The van der Waals surface area contributed by atoms with E-state index >= 15 is 0 Å². The lowest BCUT2D eigenvalue weighted by atomic mass is 10.1. The van der Waals surface area contributed by atoms with Gasteiger partial charge < -0.3 is 9.94 Å². The van der Waals surface area contributed by atoms with E-state index in [1.165, 1.54) is 11.3 Å². The lowest BCUT2D eigenvalue weighted by Crippen LogP contribution is -2.00.